The van der Waals surface area contributed by atoms with Crippen molar-refractivity contribution < 1.29 is 9.47 Å². The lowest BCUT2D eigenvalue weighted by Crippen LogP contribution is -2.19. The van der Waals surface area contributed by atoms with E-state index in [9.17, 15) is 0 Å². The highest BCUT2D eigenvalue weighted by molar-refractivity contribution is 5.83. The third-order valence-electron chi connectivity index (χ3n) is 4.67. The van der Waals surface area contributed by atoms with Gasteiger partial charge in [-0.05, 0) is 37.3 Å². The van der Waals surface area contributed by atoms with Crippen molar-refractivity contribution in [1.29, 1.82) is 0 Å². The summed E-state index contributed by atoms with van der Waals surface area (Å²) in [6.45, 7) is 3.41. The molecule has 0 aliphatic carbocycles. The van der Waals surface area contributed by atoms with Crippen molar-refractivity contribution in [3.05, 3.63) is 48.0 Å². The lowest BCUT2D eigenvalue weighted by Gasteiger charge is -2.23. The first kappa shape index (κ1) is 14.5. The quantitative estimate of drug-likeness (QED) is 0.865. The van der Waals surface area contributed by atoms with Gasteiger partial charge in [-0.15, -0.1) is 0 Å². The molecule has 1 fully saturated rings. The molecule has 4 heteroatoms. The minimum Gasteiger partial charge on any atom is -0.488 e. The van der Waals surface area contributed by atoms with Gasteiger partial charge in [-0.25, -0.2) is 4.98 Å². The molecule has 1 unspecified atom stereocenters. The molecule has 4 rings (SSSR count). The molecule has 1 atom stereocenters. The van der Waals surface area contributed by atoms with Gasteiger partial charge in [0.25, 0.3) is 0 Å². The van der Waals surface area contributed by atoms with Gasteiger partial charge in [0.2, 0.25) is 0 Å². The number of benzene rings is 1. The zero-order valence-corrected chi connectivity index (χ0v) is 13.3. The summed E-state index contributed by atoms with van der Waals surface area (Å²) >= 11 is 0. The normalized spacial score (nSPS) is 20.5. The van der Waals surface area contributed by atoms with Crippen LogP contribution in [0.5, 0.6) is 5.75 Å². The smallest absolute Gasteiger partial charge is 0.139 e. The first-order chi connectivity index (χ1) is 11.4. The third-order valence-corrected chi connectivity index (χ3v) is 4.67. The predicted molar refractivity (Wildman–Crippen MR) is 90.2 cm³/mol. The zero-order chi connectivity index (χ0) is 15.5. The van der Waals surface area contributed by atoms with E-state index in [-0.39, 0.29) is 0 Å². The molecule has 4 nitrogen and oxygen atoms in total. The fourth-order valence-electron chi connectivity index (χ4n) is 3.38. The van der Waals surface area contributed by atoms with Crippen LogP contribution in [-0.4, -0.2) is 29.4 Å². The number of hydrogen-bond donors (Lipinski definition) is 0. The molecule has 0 N–H and O–H groups in total. The maximum absolute atomic E-state index is 5.87. The van der Waals surface area contributed by atoms with E-state index in [1.165, 1.54) is 12.8 Å². The fourth-order valence-corrected chi connectivity index (χ4v) is 3.38. The minimum absolute atomic E-state index is 0.584. The molecular weight excluding hydrogens is 288 g/mol. The molecule has 2 aliphatic heterocycles. The number of ether oxygens (including phenoxy) is 2. The van der Waals surface area contributed by atoms with Gasteiger partial charge in [-0.2, -0.15) is 0 Å². The van der Waals surface area contributed by atoms with Gasteiger partial charge in [0.1, 0.15) is 18.2 Å². The second kappa shape index (κ2) is 6.59. The molecule has 120 valence electrons. The Kier molecular flexibility index (Phi) is 4.16. The summed E-state index contributed by atoms with van der Waals surface area (Å²) in [7, 11) is 0. The van der Waals surface area contributed by atoms with Crippen molar-refractivity contribution >= 4 is 11.6 Å². The molecule has 23 heavy (non-hydrogen) atoms. The number of hydrogen-bond acceptors (Lipinski definition) is 3. The first-order valence-electron chi connectivity index (χ1n) is 8.42. The molecular formula is C19H22N2O2. The summed E-state index contributed by atoms with van der Waals surface area (Å²) in [5, 5.41) is 0. The maximum atomic E-state index is 5.87. The van der Waals surface area contributed by atoms with Crippen molar-refractivity contribution in [2.75, 3.05) is 19.8 Å². The Labute approximate surface area is 136 Å². The van der Waals surface area contributed by atoms with Crippen LogP contribution in [0.3, 0.4) is 0 Å². The molecule has 0 spiro atoms. The number of para-hydroxylation sites is 1. The number of fused-ring (bicyclic) bond motifs is 1. The Morgan fingerprint density at radius 1 is 1.26 bits per heavy atom. The standard InChI is InChI=1S/C19H22N2O2/c1-2-6-18-16(5-1)12-17(14-23-18)19-20-8-10-21(19)9-7-15-4-3-11-22-13-15/h1-2,5-6,8,10,12,15H,3-4,7,9,11,13-14H2. The van der Waals surface area contributed by atoms with Crippen LogP contribution in [0.2, 0.25) is 0 Å². The highest BCUT2D eigenvalue weighted by Crippen LogP contribution is 2.30. The van der Waals surface area contributed by atoms with E-state index in [0.29, 0.717) is 12.5 Å². The molecule has 3 heterocycles. The molecule has 1 saturated heterocycles. The second-order valence-corrected chi connectivity index (χ2v) is 6.31. The van der Waals surface area contributed by atoms with Gasteiger partial charge >= 0.3 is 0 Å². The number of aromatic nitrogens is 2. The summed E-state index contributed by atoms with van der Waals surface area (Å²) in [4.78, 5) is 4.56. The van der Waals surface area contributed by atoms with Crippen LogP contribution in [0.15, 0.2) is 36.7 Å². The van der Waals surface area contributed by atoms with Crippen molar-refractivity contribution in [1.82, 2.24) is 9.55 Å². The monoisotopic (exact) mass is 310 g/mol. The molecule has 0 bridgehead atoms. The summed E-state index contributed by atoms with van der Waals surface area (Å²) < 4.78 is 13.7. The fraction of sp³-hybridized carbons (Fsp3) is 0.421. The number of imidazole rings is 1. The highest BCUT2D eigenvalue weighted by Gasteiger charge is 2.18. The third kappa shape index (κ3) is 3.17. The Morgan fingerprint density at radius 2 is 2.22 bits per heavy atom. The molecule has 1 aromatic heterocycles. The first-order valence-corrected chi connectivity index (χ1v) is 8.42. The minimum atomic E-state index is 0.584. The van der Waals surface area contributed by atoms with Crippen LogP contribution in [0, 0.1) is 5.92 Å². The molecule has 2 aliphatic rings. The summed E-state index contributed by atoms with van der Waals surface area (Å²) in [6, 6.07) is 8.14. The van der Waals surface area contributed by atoms with Gasteiger partial charge in [-0.3, -0.25) is 0 Å². The van der Waals surface area contributed by atoms with Crippen LogP contribution in [0.4, 0.5) is 0 Å². The molecule has 1 aromatic carbocycles. The average molecular weight is 310 g/mol. The molecule has 0 radical (unpaired) electrons. The number of rotatable bonds is 4. The summed E-state index contributed by atoms with van der Waals surface area (Å²) in [6.07, 6.45) is 9.77. The summed E-state index contributed by atoms with van der Waals surface area (Å²) in [5.41, 5.74) is 2.28. The van der Waals surface area contributed by atoms with Gasteiger partial charge in [-0.1, -0.05) is 18.2 Å². The second-order valence-electron chi connectivity index (χ2n) is 6.31. The Hall–Kier alpha value is -2.07. The lowest BCUT2D eigenvalue weighted by molar-refractivity contribution is 0.0500. The van der Waals surface area contributed by atoms with Crippen LogP contribution < -0.4 is 4.74 Å². The van der Waals surface area contributed by atoms with E-state index in [4.69, 9.17) is 9.47 Å². The molecule has 0 saturated carbocycles. The predicted octanol–water partition coefficient (Wildman–Crippen LogP) is 3.63. The van der Waals surface area contributed by atoms with E-state index in [2.05, 4.69) is 27.9 Å². The van der Waals surface area contributed by atoms with Crippen LogP contribution in [0.25, 0.3) is 11.6 Å². The van der Waals surface area contributed by atoms with Crippen LogP contribution in [-0.2, 0) is 11.3 Å². The highest BCUT2D eigenvalue weighted by atomic mass is 16.5. The van der Waals surface area contributed by atoms with Gasteiger partial charge in [0.15, 0.2) is 0 Å². The van der Waals surface area contributed by atoms with Crippen molar-refractivity contribution in [2.45, 2.75) is 25.8 Å². The number of nitrogens with zero attached hydrogens (tertiary/aromatic N) is 2. The van der Waals surface area contributed by atoms with E-state index in [1.807, 2.05) is 24.4 Å². The zero-order valence-electron chi connectivity index (χ0n) is 13.3. The topological polar surface area (TPSA) is 36.3 Å². The average Bonchev–Trinajstić information content (AvgIpc) is 3.09. The maximum Gasteiger partial charge on any atom is 0.139 e. The number of aryl methyl sites for hydroxylation is 1. The SMILES string of the molecule is C1=C(c2nccn2CCC2CCCOC2)COc2ccccc21. The van der Waals surface area contributed by atoms with Gasteiger partial charge in [0, 0.05) is 43.3 Å². The summed E-state index contributed by atoms with van der Waals surface area (Å²) in [5.74, 6) is 2.65. The Bertz CT molecular complexity index is 699. The lowest BCUT2D eigenvalue weighted by atomic mass is 9.98. The van der Waals surface area contributed by atoms with E-state index in [1.54, 1.807) is 0 Å². The van der Waals surface area contributed by atoms with Crippen LogP contribution >= 0.6 is 0 Å². The van der Waals surface area contributed by atoms with E-state index >= 15 is 0 Å². The van der Waals surface area contributed by atoms with Gasteiger partial charge < -0.3 is 14.0 Å². The van der Waals surface area contributed by atoms with E-state index < -0.39 is 0 Å². The van der Waals surface area contributed by atoms with Crippen molar-refractivity contribution in [2.24, 2.45) is 5.92 Å². The molecule has 2 aromatic rings. The largest absolute Gasteiger partial charge is 0.488 e. The van der Waals surface area contributed by atoms with Crippen molar-refractivity contribution in [3.63, 3.8) is 0 Å². The van der Waals surface area contributed by atoms with Gasteiger partial charge in [0.05, 0.1) is 0 Å². The van der Waals surface area contributed by atoms with Crippen molar-refractivity contribution in [3.8, 4) is 5.75 Å². The van der Waals surface area contributed by atoms with Crippen LogP contribution in [0.1, 0.15) is 30.7 Å². The molecule has 0 amide bonds. The Morgan fingerprint density at radius 3 is 3.13 bits per heavy atom. The van der Waals surface area contributed by atoms with E-state index in [0.717, 1.165) is 48.9 Å². The Balaban J connectivity index is 1.50.